The predicted octanol–water partition coefficient (Wildman–Crippen LogP) is 3.74. The molecule has 0 radical (unpaired) electrons. The first-order valence-electron chi connectivity index (χ1n) is 8.05. The van der Waals surface area contributed by atoms with Gasteiger partial charge >= 0.3 is 0 Å². The Labute approximate surface area is 126 Å². The van der Waals surface area contributed by atoms with Crippen LogP contribution < -0.4 is 5.32 Å². The highest BCUT2D eigenvalue weighted by Crippen LogP contribution is 2.30. The van der Waals surface area contributed by atoms with Gasteiger partial charge in [0.2, 0.25) is 0 Å². The molecule has 1 unspecified atom stereocenters. The van der Waals surface area contributed by atoms with Crippen LogP contribution in [0.15, 0.2) is 18.2 Å². The first kappa shape index (κ1) is 16.4. The van der Waals surface area contributed by atoms with Gasteiger partial charge in [0.15, 0.2) is 11.6 Å². The van der Waals surface area contributed by atoms with Crippen molar-refractivity contribution in [3.8, 4) is 0 Å². The Hall–Kier alpha value is -1.00. The summed E-state index contributed by atoms with van der Waals surface area (Å²) in [6.07, 6.45) is 3.48. The van der Waals surface area contributed by atoms with Crippen LogP contribution in [-0.4, -0.2) is 31.1 Å². The van der Waals surface area contributed by atoms with Gasteiger partial charge in [0, 0.05) is 18.2 Å². The van der Waals surface area contributed by atoms with E-state index in [9.17, 15) is 8.78 Å². The summed E-state index contributed by atoms with van der Waals surface area (Å²) in [5.41, 5.74) is 0.444. The Kier molecular flexibility index (Phi) is 6.12. The van der Waals surface area contributed by atoms with Gasteiger partial charge in [-0.25, -0.2) is 8.78 Å². The Balaban J connectivity index is 1.98. The summed E-state index contributed by atoms with van der Waals surface area (Å²) < 4.78 is 27.4. The number of halogens is 2. The first-order chi connectivity index (χ1) is 10.2. The van der Waals surface area contributed by atoms with Crippen molar-refractivity contribution in [2.45, 2.75) is 39.2 Å². The summed E-state index contributed by atoms with van der Waals surface area (Å²) in [6.45, 7) is 7.97. The van der Waals surface area contributed by atoms with E-state index in [-0.39, 0.29) is 6.04 Å². The Morgan fingerprint density at radius 2 is 2.05 bits per heavy atom. The van der Waals surface area contributed by atoms with Gasteiger partial charge in [-0.15, -0.1) is 0 Å². The molecule has 1 fully saturated rings. The van der Waals surface area contributed by atoms with Crippen molar-refractivity contribution in [1.82, 2.24) is 10.2 Å². The van der Waals surface area contributed by atoms with Crippen LogP contribution in [0.2, 0.25) is 0 Å². The van der Waals surface area contributed by atoms with Crippen LogP contribution in [0.5, 0.6) is 0 Å². The lowest BCUT2D eigenvalue weighted by molar-refractivity contribution is 0.258. The normalized spacial score (nSPS) is 16.4. The molecular weight excluding hydrogens is 270 g/mol. The second-order valence-electron chi connectivity index (χ2n) is 5.88. The molecular formula is C17H26F2N2. The smallest absolute Gasteiger partial charge is 0.163 e. The van der Waals surface area contributed by atoms with Crippen LogP contribution in [0.1, 0.15) is 44.7 Å². The van der Waals surface area contributed by atoms with Crippen molar-refractivity contribution in [3.63, 3.8) is 0 Å². The fraction of sp³-hybridized carbons (Fsp3) is 0.647. The molecule has 0 saturated heterocycles. The maximum atomic E-state index is 14.0. The van der Waals surface area contributed by atoms with E-state index in [1.807, 2.05) is 6.92 Å². The Morgan fingerprint density at radius 1 is 1.29 bits per heavy atom. The van der Waals surface area contributed by atoms with Crippen molar-refractivity contribution in [3.05, 3.63) is 35.4 Å². The molecule has 1 saturated carbocycles. The lowest BCUT2D eigenvalue weighted by Crippen LogP contribution is -2.31. The van der Waals surface area contributed by atoms with E-state index in [0.29, 0.717) is 5.56 Å². The van der Waals surface area contributed by atoms with Crippen molar-refractivity contribution >= 4 is 0 Å². The van der Waals surface area contributed by atoms with Crippen molar-refractivity contribution in [1.29, 1.82) is 0 Å². The number of hydrogen-bond donors (Lipinski definition) is 1. The first-order valence-corrected chi connectivity index (χ1v) is 8.05. The molecule has 0 heterocycles. The van der Waals surface area contributed by atoms with E-state index < -0.39 is 11.6 Å². The van der Waals surface area contributed by atoms with Gasteiger partial charge in [-0.3, -0.25) is 0 Å². The second kappa shape index (κ2) is 7.85. The zero-order chi connectivity index (χ0) is 15.2. The minimum atomic E-state index is -0.763. The summed E-state index contributed by atoms with van der Waals surface area (Å²) in [6, 6.07) is 4.31. The maximum Gasteiger partial charge on any atom is 0.163 e. The third-order valence-corrected chi connectivity index (χ3v) is 4.20. The monoisotopic (exact) mass is 296 g/mol. The van der Waals surface area contributed by atoms with E-state index in [0.717, 1.165) is 38.5 Å². The molecule has 2 nitrogen and oxygen atoms in total. The Morgan fingerprint density at radius 3 is 2.67 bits per heavy atom. The van der Waals surface area contributed by atoms with Crippen LogP contribution in [-0.2, 0) is 0 Å². The quantitative estimate of drug-likeness (QED) is 0.747. The van der Waals surface area contributed by atoms with Gasteiger partial charge < -0.3 is 10.2 Å². The molecule has 1 aliphatic rings. The van der Waals surface area contributed by atoms with Gasteiger partial charge in [0.05, 0.1) is 0 Å². The van der Waals surface area contributed by atoms with Crippen LogP contribution in [0, 0.1) is 17.6 Å². The average Bonchev–Trinajstić information content (AvgIpc) is 3.29. The highest BCUT2D eigenvalue weighted by atomic mass is 19.2. The molecule has 1 aromatic rings. The highest BCUT2D eigenvalue weighted by Gasteiger charge is 2.24. The van der Waals surface area contributed by atoms with E-state index in [4.69, 9.17) is 0 Å². The lowest BCUT2D eigenvalue weighted by atomic mass is 10.0. The summed E-state index contributed by atoms with van der Waals surface area (Å²) in [4.78, 5) is 2.42. The van der Waals surface area contributed by atoms with Crippen LogP contribution in [0.4, 0.5) is 8.78 Å². The summed E-state index contributed by atoms with van der Waals surface area (Å²) in [7, 11) is 0. The Bertz CT molecular complexity index is 446. The number of benzene rings is 1. The molecule has 0 aromatic heterocycles. The number of nitrogens with zero attached hydrogens (tertiary/aromatic N) is 1. The zero-order valence-corrected chi connectivity index (χ0v) is 13.0. The molecule has 4 heteroatoms. The standard InChI is InChI=1S/C17H26F2N2/c1-3-20-16(14-6-5-7-15(18)17(14)19)10-11-21(4-2)12-13-8-9-13/h5-7,13,16,20H,3-4,8-12H2,1-2H3. The van der Waals surface area contributed by atoms with Gasteiger partial charge in [-0.1, -0.05) is 26.0 Å². The van der Waals surface area contributed by atoms with Gasteiger partial charge in [-0.2, -0.15) is 0 Å². The lowest BCUT2D eigenvalue weighted by Gasteiger charge is -2.25. The second-order valence-corrected chi connectivity index (χ2v) is 5.88. The third kappa shape index (κ3) is 4.75. The van der Waals surface area contributed by atoms with Crippen LogP contribution >= 0.6 is 0 Å². The minimum absolute atomic E-state index is 0.126. The van der Waals surface area contributed by atoms with Crippen molar-refractivity contribution in [2.24, 2.45) is 5.92 Å². The number of rotatable bonds is 9. The third-order valence-electron chi connectivity index (χ3n) is 4.20. The van der Waals surface area contributed by atoms with Gasteiger partial charge in [0.1, 0.15) is 0 Å². The molecule has 1 atom stereocenters. The molecule has 0 bridgehead atoms. The molecule has 0 aliphatic heterocycles. The van der Waals surface area contributed by atoms with E-state index in [1.165, 1.54) is 18.9 Å². The average molecular weight is 296 g/mol. The molecule has 0 spiro atoms. The van der Waals surface area contributed by atoms with Crippen LogP contribution in [0.3, 0.4) is 0 Å². The maximum absolute atomic E-state index is 14.0. The van der Waals surface area contributed by atoms with Gasteiger partial charge in [0.25, 0.3) is 0 Å². The molecule has 118 valence electrons. The summed E-state index contributed by atoms with van der Waals surface area (Å²) in [5.74, 6) is -0.622. The fourth-order valence-corrected chi connectivity index (χ4v) is 2.76. The molecule has 1 N–H and O–H groups in total. The largest absolute Gasteiger partial charge is 0.310 e. The molecule has 1 aromatic carbocycles. The highest BCUT2D eigenvalue weighted by molar-refractivity contribution is 5.22. The topological polar surface area (TPSA) is 15.3 Å². The van der Waals surface area contributed by atoms with Crippen molar-refractivity contribution in [2.75, 3.05) is 26.2 Å². The fourth-order valence-electron chi connectivity index (χ4n) is 2.76. The van der Waals surface area contributed by atoms with Gasteiger partial charge in [-0.05, 0) is 50.9 Å². The SMILES string of the molecule is CCNC(CCN(CC)CC1CC1)c1cccc(F)c1F. The van der Waals surface area contributed by atoms with Crippen molar-refractivity contribution < 1.29 is 8.78 Å². The summed E-state index contributed by atoms with van der Waals surface area (Å²) in [5, 5.41) is 3.28. The number of nitrogens with one attached hydrogen (secondary N) is 1. The number of hydrogen-bond acceptors (Lipinski definition) is 2. The molecule has 1 aliphatic carbocycles. The van der Waals surface area contributed by atoms with Crippen LogP contribution in [0.25, 0.3) is 0 Å². The predicted molar refractivity (Wildman–Crippen MR) is 82.2 cm³/mol. The minimum Gasteiger partial charge on any atom is -0.310 e. The molecule has 2 rings (SSSR count). The summed E-state index contributed by atoms with van der Waals surface area (Å²) >= 11 is 0. The van der Waals surface area contributed by atoms with E-state index in [2.05, 4.69) is 17.1 Å². The molecule has 21 heavy (non-hydrogen) atoms. The van der Waals surface area contributed by atoms with E-state index >= 15 is 0 Å². The van der Waals surface area contributed by atoms with E-state index in [1.54, 1.807) is 12.1 Å². The molecule has 0 amide bonds. The zero-order valence-electron chi connectivity index (χ0n) is 13.0.